The molecule has 2 aromatic rings. The van der Waals surface area contributed by atoms with Gasteiger partial charge < -0.3 is 14.6 Å². The first-order valence-corrected chi connectivity index (χ1v) is 8.44. The Hall–Kier alpha value is -1.99. The number of aliphatic hydroxyl groups is 1. The first kappa shape index (κ1) is 17.8. The first-order valence-electron chi connectivity index (χ1n) is 8.44. The van der Waals surface area contributed by atoms with Gasteiger partial charge in [0, 0.05) is 12.7 Å². The predicted molar refractivity (Wildman–Crippen MR) is 89.6 cm³/mol. The molecule has 0 aliphatic carbocycles. The van der Waals surface area contributed by atoms with Gasteiger partial charge in [-0.3, -0.25) is 0 Å². The van der Waals surface area contributed by atoms with Gasteiger partial charge in [-0.05, 0) is 45.7 Å². The molecule has 1 N–H and O–H groups in total. The lowest BCUT2D eigenvalue weighted by molar-refractivity contribution is -0.00112. The summed E-state index contributed by atoms with van der Waals surface area (Å²) in [5.41, 5.74) is -1.45. The van der Waals surface area contributed by atoms with Gasteiger partial charge in [0.25, 0.3) is 0 Å². The summed E-state index contributed by atoms with van der Waals surface area (Å²) in [6.07, 6.45) is 1.81. The van der Waals surface area contributed by atoms with E-state index in [-0.39, 0.29) is 12.4 Å². The van der Waals surface area contributed by atoms with E-state index in [2.05, 4.69) is 10.1 Å². The lowest BCUT2D eigenvalue weighted by Gasteiger charge is -2.25. The second kappa shape index (κ2) is 6.72. The Labute approximate surface area is 146 Å². The number of hydrogen-bond acceptors (Lipinski definition) is 5. The van der Waals surface area contributed by atoms with Crippen molar-refractivity contribution in [2.75, 3.05) is 6.61 Å². The normalized spacial score (nSPS) is 20.8. The topological polar surface area (TPSA) is 69.4 Å². The fraction of sp³-hybridized carbons (Fsp3) is 0.556. The third kappa shape index (κ3) is 4.35. The van der Waals surface area contributed by atoms with Gasteiger partial charge >= 0.3 is 0 Å². The van der Waals surface area contributed by atoms with E-state index in [9.17, 15) is 9.50 Å². The highest BCUT2D eigenvalue weighted by atomic mass is 19.1. The summed E-state index contributed by atoms with van der Waals surface area (Å²) < 4.78 is 26.4. The second-order valence-corrected chi connectivity index (χ2v) is 7.25. The van der Waals surface area contributed by atoms with Gasteiger partial charge in [0.15, 0.2) is 11.6 Å². The van der Waals surface area contributed by atoms with Crippen LogP contribution in [0.3, 0.4) is 0 Å². The van der Waals surface area contributed by atoms with E-state index in [0.717, 1.165) is 12.8 Å². The van der Waals surface area contributed by atoms with E-state index >= 15 is 0 Å². The summed E-state index contributed by atoms with van der Waals surface area (Å²) in [6, 6.07) is 5.94. The zero-order valence-electron chi connectivity index (χ0n) is 14.8. The van der Waals surface area contributed by atoms with E-state index in [0.29, 0.717) is 30.5 Å². The van der Waals surface area contributed by atoms with Crippen LogP contribution in [0.15, 0.2) is 24.3 Å². The van der Waals surface area contributed by atoms with Crippen molar-refractivity contribution in [2.24, 2.45) is 0 Å². The average Bonchev–Trinajstić information content (AvgIpc) is 3.11. The molecule has 136 valence electrons. The van der Waals surface area contributed by atoms with Crippen molar-refractivity contribution in [1.29, 1.82) is 0 Å². The van der Waals surface area contributed by atoms with Gasteiger partial charge in [0.05, 0.1) is 12.1 Å². The molecule has 0 bridgehead atoms. The van der Waals surface area contributed by atoms with Gasteiger partial charge in [-0.1, -0.05) is 6.07 Å². The number of ether oxygens (including phenoxy) is 2. The van der Waals surface area contributed by atoms with E-state index in [1.807, 2.05) is 6.92 Å². The monoisotopic (exact) mass is 349 g/mol. The summed E-state index contributed by atoms with van der Waals surface area (Å²) in [5, 5.41) is 14.6. The standard InChI is InChI=1S/C18H24FN3O3/c1-17(2,23)12-22-16(18(3)8-5-9-25-18)20-15(21-22)11-24-14-7-4-6-13(19)10-14/h4,6-7,10,23H,5,8-9,11-12H2,1-3H3/t18-/m0/s1. The molecule has 25 heavy (non-hydrogen) atoms. The Kier molecular flexibility index (Phi) is 4.79. The molecule has 0 unspecified atom stereocenters. The first-order chi connectivity index (χ1) is 11.8. The zero-order valence-corrected chi connectivity index (χ0v) is 14.8. The number of aromatic nitrogens is 3. The molecule has 0 spiro atoms. The summed E-state index contributed by atoms with van der Waals surface area (Å²) in [6.45, 7) is 6.53. The van der Waals surface area contributed by atoms with Crippen LogP contribution < -0.4 is 4.74 Å². The van der Waals surface area contributed by atoms with Gasteiger partial charge in [-0.2, -0.15) is 5.10 Å². The summed E-state index contributed by atoms with van der Waals surface area (Å²) in [4.78, 5) is 4.58. The molecule has 1 fully saturated rings. The van der Waals surface area contributed by atoms with Gasteiger partial charge in [0.2, 0.25) is 0 Å². The average molecular weight is 349 g/mol. The molecule has 3 rings (SSSR count). The second-order valence-electron chi connectivity index (χ2n) is 7.25. The number of nitrogens with zero attached hydrogens (tertiary/aromatic N) is 3. The molecule has 1 saturated heterocycles. The highest BCUT2D eigenvalue weighted by Crippen LogP contribution is 2.35. The minimum absolute atomic E-state index is 0.116. The maximum atomic E-state index is 13.2. The van der Waals surface area contributed by atoms with Crippen molar-refractivity contribution in [3.8, 4) is 5.75 Å². The van der Waals surface area contributed by atoms with E-state index in [1.54, 1.807) is 30.7 Å². The molecule has 0 radical (unpaired) electrons. The van der Waals surface area contributed by atoms with Crippen LogP contribution in [0.1, 0.15) is 45.3 Å². The molecule has 2 heterocycles. The number of halogens is 1. The van der Waals surface area contributed by atoms with Crippen LogP contribution >= 0.6 is 0 Å². The van der Waals surface area contributed by atoms with Crippen LogP contribution in [0.2, 0.25) is 0 Å². The Bertz CT molecular complexity index is 733. The van der Waals surface area contributed by atoms with E-state index in [4.69, 9.17) is 9.47 Å². The summed E-state index contributed by atoms with van der Waals surface area (Å²) in [5.74, 6) is 1.22. The zero-order chi connectivity index (χ0) is 18.1. The molecule has 7 heteroatoms. The minimum Gasteiger partial charge on any atom is -0.485 e. The summed E-state index contributed by atoms with van der Waals surface area (Å²) in [7, 11) is 0. The highest BCUT2D eigenvalue weighted by molar-refractivity contribution is 5.22. The molecular formula is C18H24FN3O3. The molecule has 6 nitrogen and oxygen atoms in total. The molecule has 0 amide bonds. The lowest BCUT2D eigenvalue weighted by Crippen LogP contribution is -2.32. The Morgan fingerprint density at radius 3 is 2.88 bits per heavy atom. The third-order valence-corrected chi connectivity index (χ3v) is 4.11. The predicted octanol–water partition coefficient (Wildman–Crippen LogP) is 2.79. The highest BCUT2D eigenvalue weighted by Gasteiger charge is 2.38. The van der Waals surface area contributed by atoms with Crippen molar-refractivity contribution >= 4 is 0 Å². The Morgan fingerprint density at radius 2 is 2.24 bits per heavy atom. The molecule has 1 aliphatic heterocycles. The van der Waals surface area contributed by atoms with Crippen LogP contribution in [0.4, 0.5) is 4.39 Å². The maximum Gasteiger partial charge on any atom is 0.188 e. The molecule has 1 atom stereocenters. The largest absolute Gasteiger partial charge is 0.485 e. The summed E-state index contributed by atoms with van der Waals surface area (Å²) >= 11 is 0. The van der Waals surface area contributed by atoms with Crippen molar-refractivity contribution in [1.82, 2.24) is 14.8 Å². The number of rotatable bonds is 6. The van der Waals surface area contributed by atoms with Crippen molar-refractivity contribution in [3.05, 3.63) is 41.7 Å². The smallest absolute Gasteiger partial charge is 0.188 e. The number of hydrogen-bond donors (Lipinski definition) is 1. The van der Waals surface area contributed by atoms with Crippen LogP contribution in [-0.2, 0) is 23.5 Å². The Morgan fingerprint density at radius 1 is 1.44 bits per heavy atom. The molecule has 1 aliphatic rings. The van der Waals surface area contributed by atoms with Crippen molar-refractivity contribution in [2.45, 2.75) is 58.0 Å². The quantitative estimate of drug-likeness (QED) is 0.868. The maximum absolute atomic E-state index is 13.2. The van der Waals surface area contributed by atoms with Crippen LogP contribution in [-0.4, -0.2) is 32.1 Å². The van der Waals surface area contributed by atoms with Gasteiger partial charge in [-0.15, -0.1) is 0 Å². The fourth-order valence-corrected chi connectivity index (χ4v) is 2.98. The molecule has 0 saturated carbocycles. The van der Waals surface area contributed by atoms with Crippen LogP contribution in [0, 0.1) is 5.82 Å². The lowest BCUT2D eigenvalue weighted by atomic mass is 10.0. The minimum atomic E-state index is -0.932. The molecule has 1 aromatic heterocycles. The van der Waals surface area contributed by atoms with Crippen LogP contribution in [0.5, 0.6) is 5.75 Å². The third-order valence-electron chi connectivity index (χ3n) is 4.11. The van der Waals surface area contributed by atoms with E-state index < -0.39 is 11.2 Å². The van der Waals surface area contributed by atoms with Crippen molar-refractivity contribution < 1.29 is 19.0 Å². The SMILES string of the molecule is CC(C)(O)Cn1nc(COc2cccc(F)c2)nc1[C@]1(C)CCCO1. The van der Waals surface area contributed by atoms with Gasteiger partial charge in [0.1, 0.15) is 23.8 Å². The van der Waals surface area contributed by atoms with Crippen LogP contribution in [0.25, 0.3) is 0 Å². The van der Waals surface area contributed by atoms with Crippen molar-refractivity contribution in [3.63, 3.8) is 0 Å². The Balaban J connectivity index is 1.82. The fourth-order valence-electron chi connectivity index (χ4n) is 2.98. The van der Waals surface area contributed by atoms with E-state index in [1.165, 1.54) is 12.1 Å². The van der Waals surface area contributed by atoms with Gasteiger partial charge in [-0.25, -0.2) is 14.1 Å². The molecule has 1 aromatic carbocycles. The number of benzene rings is 1. The molecular weight excluding hydrogens is 325 g/mol.